The number of thiophene rings is 1. The van der Waals surface area contributed by atoms with Gasteiger partial charge in [-0.2, -0.15) is 11.3 Å². The van der Waals surface area contributed by atoms with Crippen molar-refractivity contribution in [3.63, 3.8) is 0 Å². The van der Waals surface area contributed by atoms with Crippen LogP contribution in [0.15, 0.2) is 16.8 Å². The average molecular weight is 219 g/mol. The summed E-state index contributed by atoms with van der Waals surface area (Å²) in [6, 6.07) is 1.93. The fourth-order valence-corrected chi connectivity index (χ4v) is 2.17. The van der Waals surface area contributed by atoms with E-state index in [0.29, 0.717) is 6.54 Å². The van der Waals surface area contributed by atoms with E-state index in [1.807, 2.05) is 16.8 Å². The lowest BCUT2D eigenvalue weighted by Crippen LogP contribution is -2.16. The molecule has 0 bridgehead atoms. The van der Waals surface area contributed by atoms with Crippen molar-refractivity contribution in [1.82, 2.24) is 0 Å². The Labute approximate surface area is 82.7 Å². The number of nitrogens with one attached hydrogen (secondary N) is 1. The summed E-state index contributed by atoms with van der Waals surface area (Å²) in [5.74, 6) is 0.428. The van der Waals surface area contributed by atoms with Gasteiger partial charge in [0, 0.05) is 23.4 Å². The van der Waals surface area contributed by atoms with Crippen molar-refractivity contribution < 1.29 is 8.42 Å². The zero-order valence-corrected chi connectivity index (χ0v) is 9.12. The van der Waals surface area contributed by atoms with Crippen molar-refractivity contribution in [2.24, 2.45) is 0 Å². The van der Waals surface area contributed by atoms with Crippen LogP contribution < -0.4 is 5.32 Å². The molecule has 3 nitrogen and oxygen atoms in total. The van der Waals surface area contributed by atoms with Gasteiger partial charge >= 0.3 is 0 Å². The van der Waals surface area contributed by atoms with Crippen molar-refractivity contribution in [3.8, 4) is 0 Å². The molecule has 1 aromatic rings. The minimum Gasteiger partial charge on any atom is -0.383 e. The Kier molecular flexibility index (Phi) is 3.74. The van der Waals surface area contributed by atoms with Crippen molar-refractivity contribution in [3.05, 3.63) is 16.8 Å². The molecule has 13 heavy (non-hydrogen) atoms. The first-order chi connectivity index (χ1) is 6.14. The van der Waals surface area contributed by atoms with Crippen LogP contribution in [0.25, 0.3) is 0 Å². The lowest BCUT2D eigenvalue weighted by molar-refractivity contribution is 0.597. The highest BCUT2D eigenvalue weighted by Crippen LogP contribution is 2.11. The van der Waals surface area contributed by atoms with Crippen LogP contribution in [0, 0.1) is 0 Å². The predicted molar refractivity (Wildman–Crippen MR) is 57.1 cm³/mol. The summed E-state index contributed by atoms with van der Waals surface area (Å²) < 4.78 is 22.2. The Morgan fingerprint density at radius 3 is 2.85 bits per heavy atom. The van der Waals surface area contributed by atoms with E-state index in [4.69, 9.17) is 0 Å². The monoisotopic (exact) mass is 219 g/mol. The number of anilines is 1. The van der Waals surface area contributed by atoms with Crippen LogP contribution in [0.3, 0.4) is 0 Å². The van der Waals surface area contributed by atoms with Crippen LogP contribution in [0.4, 0.5) is 5.69 Å². The molecule has 0 radical (unpaired) electrons. The second kappa shape index (κ2) is 4.62. The van der Waals surface area contributed by atoms with Crippen LogP contribution in [-0.2, 0) is 9.84 Å². The topological polar surface area (TPSA) is 46.2 Å². The van der Waals surface area contributed by atoms with Crippen molar-refractivity contribution in [2.45, 2.75) is 6.92 Å². The maximum absolute atomic E-state index is 11.1. The molecule has 0 atom stereocenters. The van der Waals surface area contributed by atoms with Crippen LogP contribution in [-0.4, -0.2) is 26.5 Å². The molecule has 0 aromatic carbocycles. The minimum absolute atomic E-state index is 0.208. The molecule has 5 heteroatoms. The summed E-state index contributed by atoms with van der Waals surface area (Å²) in [5.41, 5.74) is 0.997. The number of sulfone groups is 1. The molecule has 0 aliphatic rings. The van der Waals surface area contributed by atoms with Crippen molar-refractivity contribution in [1.29, 1.82) is 0 Å². The molecule has 74 valence electrons. The Bertz CT molecular complexity index is 329. The standard InChI is InChI=1S/C8H13NO2S2/c1-2-13(10,11)6-4-9-8-3-5-12-7-8/h3,5,7,9H,2,4,6H2,1H3. The average Bonchev–Trinajstić information content (AvgIpc) is 2.57. The fraction of sp³-hybridized carbons (Fsp3) is 0.500. The summed E-state index contributed by atoms with van der Waals surface area (Å²) in [5, 5.41) is 6.96. The molecule has 0 aliphatic carbocycles. The van der Waals surface area contributed by atoms with E-state index in [1.54, 1.807) is 18.3 Å². The third-order valence-electron chi connectivity index (χ3n) is 1.70. The summed E-state index contributed by atoms with van der Waals surface area (Å²) in [7, 11) is -2.83. The third kappa shape index (κ3) is 3.78. The summed E-state index contributed by atoms with van der Waals surface area (Å²) >= 11 is 1.59. The van der Waals surface area contributed by atoms with E-state index in [-0.39, 0.29) is 11.5 Å². The smallest absolute Gasteiger partial charge is 0.151 e. The minimum atomic E-state index is -2.83. The molecule has 0 aliphatic heterocycles. The fourth-order valence-electron chi connectivity index (χ4n) is 0.860. The van der Waals surface area contributed by atoms with E-state index in [2.05, 4.69) is 5.32 Å². The van der Waals surface area contributed by atoms with Gasteiger partial charge in [-0.15, -0.1) is 0 Å². The summed E-state index contributed by atoms with van der Waals surface area (Å²) in [6.07, 6.45) is 0. The molecular formula is C8H13NO2S2. The second-order valence-corrected chi connectivity index (χ2v) is 5.93. The number of hydrogen-bond acceptors (Lipinski definition) is 4. The van der Waals surface area contributed by atoms with Gasteiger partial charge in [0.05, 0.1) is 5.75 Å². The van der Waals surface area contributed by atoms with Gasteiger partial charge < -0.3 is 5.32 Å². The van der Waals surface area contributed by atoms with E-state index in [0.717, 1.165) is 5.69 Å². The Balaban J connectivity index is 2.30. The molecule has 0 saturated carbocycles. The molecule has 0 amide bonds. The molecule has 0 fully saturated rings. The van der Waals surface area contributed by atoms with Crippen LogP contribution in [0.5, 0.6) is 0 Å². The lowest BCUT2D eigenvalue weighted by atomic mass is 10.5. The van der Waals surface area contributed by atoms with E-state index >= 15 is 0 Å². The Hall–Kier alpha value is -0.550. The first kappa shape index (κ1) is 10.5. The van der Waals surface area contributed by atoms with E-state index in [1.165, 1.54) is 0 Å². The molecule has 1 aromatic heterocycles. The molecule has 1 N–H and O–H groups in total. The SMILES string of the molecule is CCS(=O)(=O)CCNc1ccsc1. The van der Waals surface area contributed by atoms with Crippen molar-refractivity contribution in [2.75, 3.05) is 23.4 Å². The summed E-state index contributed by atoms with van der Waals surface area (Å²) in [6.45, 7) is 2.16. The van der Waals surface area contributed by atoms with E-state index < -0.39 is 9.84 Å². The van der Waals surface area contributed by atoms with Gasteiger partial charge in [0.15, 0.2) is 9.84 Å². The van der Waals surface area contributed by atoms with Gasteiger partial charge in [-0.3, -0.25) is 0 Å². The van der Waals surface area contributed by atoms with Gasteiger partial charge in [-0.1, -0.05) is 6.92 Å². The van der Waals surface area contributed by atoms with Gasteiger partial charge in [0.2, 0.25) is 0 Å². The number of rotatable bonds is 5. The van der Waals surface area contributed by atoms with Gasteiger partial charge in [0.25, 0.3) is 0 Å². The van der Waals surface area contributed by atoms with E-state index in [9.17, 15) is 8.42 Å². The molecule has 0 spiro atoms. The quantitative estimate of drug-likeness (QED) is 0.818. The largest absolute Gasteiger partial charge is 0.383 e. The highest BCUT2D eigenvalue weighted by molar-refractivity contribution is 7.91. The Morgan fingerprint density at radius 2 is 2.31 bits per heavy atom. The maximum Gasteiger partial charge on any atom is 0.151 e. The van der Waals surface area contributed by atoms with Gasteiger partial charge in [-0.05, 0) is 11.4 Å². The third-order valence-corrected chi connectivity index (χ3v) is 4.09. The zero-order valence-electron chi connectivity index (χ0n) is 7.49. The molecule has 1 rings (SSSR count). The van der Waals surface area contributed by atoms with Crippen LogP contribution >= 0.6 is 11.3 Å². The van der Waals surface area contributed by atoms with Crippen molar-refractivity contribution >= 4 is 26.9 Å². The lowest BCUT2D eigenvalue weighted by Gasteiger charge is -2.03. The second-order valence-electron chi connectivity index (χ2n) is 2.68. The van der Waals surface area contributed by atoms with Crippen LogP contribution in [0.1, 0.15) is 6.92 Å². The molecule has 0 unspecified atom stereocenters. The first-order valence-corrected chi connectivity index (χ1v) is 6.87. The predicted octanol–water partition coefficient (Wildman–Crippen LogP) is 1.59. The number of hydrogen-bond donors (Lipinski definition) is 1. The van der Waals surface area contributed by atoms with Gasteiger partial charge in [-0.25, -0.2) is 8.42 Å². The van der Waals surface area contributed by atoms with Crippen LogP contribution in [0.2, 0.25) is 0 Å². The first-order valence-electron chi connectivity index (χ1n) is 4.10. The highest BCUT2D eigenvalue weighted by atomic mass is 32.2. The molecular weight excluding hydrogens is 206 g/mol. The molecule has 1 heterocycles. The highest BCUT2D eigenvalue weighted by Gasteiger charge is 2.05. The summed E-state index contributed by atoms with van der Waals surface area (Å²) in [4.78, 5) is 0. The van der Waals surface area contributed by atoms with Gasteiger partial charge in [0.1, 0.15) is 0 Å². The zero-order chi connectivity index (χ0) is 9.73. The normalized spacial score (nSPS) is 11.5. The Morgan fingerprint density at radius 1 is 1.54 bits per heavy atom. The molecule has 0 saturated heterocycles. The maximum atomic E-state index is 11.1.